The van der Waals surface area contributed by atoms with Crippen molar-refractivity contribution in [1.82, 2.24) is 15.2 Å². The lowest BCUT2D eigenvalue weighted by molar-refractivity contribution is -0.0817. The van der Waals surface area contributed by atoms with E-state index in [0.29, 0.717) is 13.2 Å². The number of aliphatic imine (C=N–C) groups is 1. The van der Waals surface area contributed by atoms with Gasteiger partial charge in [0.25, 0.3) is 0 Å². The van der Waals surface area contributed by atoms with Gasteiger partial charge in [0.05, 0.1) is 12.7 Å². The molecule has 0 radical (unpaired) electrons. The van der Waals surface area contributed by atoms with Gasteiger partial charge in [-0.15, -0.1) is 0 Å². The Morgan fingerprint density at radius 1 is 1.26 bits per heavy atom. The van der Waals surface area contributed by atoms with Crippen LogP contribution in [0.1, 0.15) is 32.3 Å². The highest BCUT2D eigenvalue weighted by Gasteiger charge is 2.32. The van der Waals surface area contributed by atoms with E-state index in [2.05, 4.69) is 51.1 Å². The Bertz CT molecular complexity index is 597. The molecular weight excluding hydrogens is 342 g/mol. The summed E-state index contributed by atoms with van der Waals surface area (Å²) in [7, 11) is 1.83. The molecule has 0 spiro atoms. The molecule has 2 fully saturated rings. The van der Waals surface area contributed by atoms with Crippen LogP contribution in [0.15, 0.2) is 23.3 Å². The van der Waals surface area contributed by atoms with E-state index in [1.807, 2.05) is 13.2 Å². The molecule has 7 nitrogen and oxygen atoms in total. The van der Waals surface area contributed by atoms with Crippen molar-refractivity contribution in [3.63, 3.8) is 0 Å². The van der Waals surface area contributed by atoms with Gasteiger partial charge >= 0.3 is 0 Å². The number of guanidine groups is 1. The third kappa shape index (κ3) is 5.11. The van der Waals surface area contributed by atoms with Gasteiger partial charge in [-0.3, -0.25) is 4.99 Å². The van der Waals surface area contributed by atoms with Crippen LogP contribution in [0.4, 0.5) is 5.82 Å². The van der Waals surface area contributed by atoms with Crippen molar-refractivity contribution in [3.8, 4) is 0 Å². The summed E-state index contributed by atoms with van der Waals surface area (Å²) in [4.78, 5) is 13.6. The molecule has 2 aliphatic heterocycles. The average Bonchev–Trinajstić information content (AvgIpc) is 3.26. The molecule has 1 aromatic rings. The highest BCUT2D eigenvalue weighted by Crippen LogP contribution is 2.21. The van der Waals surface area contributed by atoms with Crippen LogP contribution in [0, 0.1) is 0 Å². The minimum absolute atomic E-state index is 0.134. The van der Waals surface area contributed by atoms with Crippen LogP contribution in [0.3, 0.4) is 0 Å². The number of nitrogens with one attached hydrogen (secondary N) is 1. The first kappa shape index (κ1) is 19.9. The SMILES string of the molecule is CCN(CC)c1ccc(CNC(=NC)N2CCOC(C3CCCO3)C2)cn1. The number of pyridine rings is 1. The first-order valence-corrected chi connectivity index (χ1v) is 10.1. The van der Waals surface area contributed by atoms with Crippen LogP contribution >= 0.6 is 0 Å². The van der Waals surface area contributed by atoms with Gasteiger partial charge in [-0.25, -0.2) is 4.98 Å². The zero-order chi connectivity index (χ0) is 19.1. The fourth-order valence-electron chi connectivity index (χ4n) is 3.76. The Balaban J connectivity index is 1.54. The molecule has 2 aliphatic rings. The van der Waals surface area contributed by atoms with Crippen molar-refractivity contribution >= 4 is 11.8 Å². The number of anilines is 1. The second kappa shape index (κ2) is 9.90. The van der Waals surface area contributed by atoms with Crippen LogP contribution in [0.5, 0.6) is 0 Å². The summed E-state index contributed by atoms with van der Waals surface area (Å²) in [5.74, 6) is 1.94. The van der Waals surface area contributed by atoms with Gasteiger partial charge in [-0.1, -0.05) is 6.07 Å². The Hall–Kier alpha value is -1.86. The molecule has 2 saturated heterocycles. The Morgan fingerprint density at radius 3 is 2.70 bits per heavy atom. The molecule has 0 saturated carbocycles. The molecule has 1 aromatic heterocycles. The maximum atomic E-state index is 5.94. The highest BCUT2D eigenvalue weighted by atomic mass is 16.5. The Kier molecular flexibility index (Phi) is 7.29. The summed E-state index contributed by atoms with van der Waals surface area (Å²) in [5.41, 5.74) is 1.15. The minimum Gasteiger partial charge on any atom is -0.375 e. The Morgan fingerprint density at radius 2 is 2.07 bits per heavy atom. The molecular formula is C20H33N5O2. The van der Waals surface area contributed by atoms with Gasteiger partial charge in [0.2, 0.25) is 0 Å². The number of ether oxygens (including phenoxy) is 2. The third-order valence-electron chi connectivity index (χ3n) is 5.33. The van der Waals surface area contributed by atoms with E-state index in [0.717, 1.165) is 63.0 Å². The van der Waals surface area contributed by atoms with E-state index >= 15 is 0 Å². The van der Waals surface area contributed by atoms with Gasteiger partial charge < -0.3 is 24.6 Å². The lowest BCUT2D eigenvalue weighted by Crippen LogP contribution is -2.53. The van der Waals surface area contributed by atoms with Crippen LogP contribution in [-0.2, 0) is 16.0 Å². The summed E-state index contributed by atoms with van der Waals surface area (Å²) >= 11 is 0. The second-order valence-corrected chi connectivity index (χ2v) is 7.00. The van der Waals surface area contributed by atoms with E-state index < -0.39 is 0 Å². The molecule has 3 rings (SSSR count). The van der Waals surface area contributed by atoms with Gasteiger partial charge in [0, 0.05) is 52.6 Å². The van der Waals surface area contributed by atoms with Crippen molar-refractivity contribution in [1.29, 1.82) is 0 Å². The lowest BCUT2D eigenvalue weighted by Gasteiger charge is -2.37. The maximum absolute atomic E-state index is 5.94. The predicted molar refractivity (Wildman–Crippen MR) is 108 cm³/mol. The standard InChI is InChI=1S/C20H33N5O2/c1-4-24(5-2)19-9-8-16(13-22-19)14-23-20(21-3)25-10-12-27-18(15-25)17-7-6-11-26-17/h8-9,13,17-18H,4-7,10-12,14-15H2,1-3H3,(H,21,23). The van der Waals surface area contributed by atoms with Crippen LogP contribution in [0.25, 0.3) is 0 Å². The summed E-state index contributed by atoms with van der Waals surface area (Å²) < 4.78 is 11.8. The van der Waals surface area contributed by atoms with Crippen LogP contribution < -0.4 is 10.2 Å². The van der Waals surface area contributed by atoms with E-state index in [1.54, 1.807) is 0 Å². The molecule has 7 heteroatoms. The van der Waals surface area contributed by atoms with Gasteiger partial charge in [-0.2, -0.15) is 0 Å². The smallest absolute Gasteiger partial charge is 0.194 e. The molecule has 0 aliphatic carbocycles. The van der Waals surface area contributed by atoms with Gasteiger partial charge in [-0.05, 0) is 38.3 Å². The van der Waals surface area contributed by atoms with Gasteiger partial charge in [0.15, 0.2) is 5.96 Å². The highest BCUT2D eigenvalue weighted by molar-refractivity contribution is 5.80. The van der Waals surface area contributed by atoms with Crippen LogP contribution in [-0.4, -0.2) is 74.5 Å². The summed E-state index contributed by atoms with van der Waals surface area (Å²) in [5, 5.41) is 3.47. The molecule has 2 atom stereocenters. The molecule has 0 bridgehead atoms. The number of morpholine rings is 1. The zero-order valence-electron chi connectivity index (χ0n) is 16.9. The Labute approximate surface area is 162 Å². The average molecular weight is 376 g/mol. The predicted octanol–water partition coefficient (Wildman–Crippen LogP) is 1.88. The molecule has 0 aromatic carbocycles. The number of rotatable bonds is 6. The minimum atomic E-state index is 0.134. The maximum Gasteiger partial charge on any atom is 0.194 e. The lowest BCUT2D eigenvalue weighted by atomic mass is 10.1. The van der Waals surface area contributed by atoms with E-state index in [1.165, 1.54) is 0 Å². The fraction of sp³-hybridized carbons (Fsp3) is 0.700. The van der Waals surface area contributed by atoms with Crippen molar-refractivity contribution in [2.24, 2.45) is 4.99 Å². The largest absolute Gasteiger partial charge is 0.375 e. The number of aromatic nitrogens is 1. The fourth-order valence-corrected chi connectivity index (χ4v) is 3.76. The normalized spacial score (nSPS) is 23.5. The molecule has 150 valence electrons. The first-order chi connectivity index (χ1) is 13.2. The quantitative estimate of drug-likeness (QED) is 0.605. The molecule has 2 unspecified atom stereocenters. The topological polar surface area (TPSA) is 62.2 Å². The second-order valence-electron chi connectivity index (χ2n) is 7.00. The summed E-state index contributed by atoms with van der Waals surface area (Å²) in [6.07, 6.45) is 4.53. The molecule has 0 amide bonds. The van der Waals surface area contributed by atoms with Crippen molar-refractivity contribution in [2.45, 2.75) is 45.4 Å². The van der Waals surface area contributed by atoms with Crippen LogP contribution in [0.2, 0.25) is 0 Å². The number of hydrogen-bond donors (Lipinski definition) is 1. The van der Waals surface area contributed by atoms with E-state index in [9.17, 15) is 0 Å². The molecule has 27 heavy (non-hydrogen) atoms. The first-order valence-electron chi connectivity index (χ1n) is 10.1. The number of hydrogen-bond acceptors (Lipinski definition) is 5. The third-order valence-corrected chi connectivity index (χ3v) is 5.33. The number of nitrogens with zero attached hydrogens (tertiary/aromatic N) is 4. The monoisotopic (exact) mass is 375 g/mol. The molecule has 3 heterocycles. The van der Waals surface area contributed by atoms with Crippen molar-refractivity contribution < 1.29 is 9.47 Å². The zero-order valence-corrected chi connectivity index (χ0v) is 16.9. The van der Waals surface area contributed by atoms with E-state index in [-0.39, 0.29) is 12.2 Å². The summed E-state index contributed by atoms with van der Waals surface area (Å²) in [6.45, 7) is 10.2. The van der Waals surface area contributed by atoms with Crippen molar-refractivity contribution in [2.75, 3.05) is 51.3 Å². The van der Waals surface area contributed by atoms with E-state index in [4.69, 9.17) is 9.47 Å². The van der Waals surface area contributed by atoms with Gasteiger partial charge in [0.1, 0.15) is 11.9 Å². The molecule has 1 N–H and O–H groups in total. The summed E-state index contributed by atoms with van der Waals surface area (Å²) in [6, 6.07) is 4.23. The van der Waals surface area contributed by atoms with Crippen molar-refractivity contribution in [3.05, 3.63) is 23.9 Å².